The summed E-state index contributed by atoms with van der Waals surface area (Å²) in [7, 11) is 0. The second-order valence-corrected chi connectivity index (χ2v) is 5.89. The molecule has 0 heterocycles. The van der Waals surface area contributed by atoms with Gasteiger partial charge in [0.25, 0.3) is 0 Å². The van der Waals surface area contributed by atoms with Gasteiger partial charge in [0.2, 0.25) is 0 Å². The third kappa shape index (κ3) is 3.85. The zero-order valence-electron chi connectivity index (χ0n) is 9.80. The van der Waals surface area contributed by atoms with Crippen LogP contribution >= 0.6 is 50.7 Å². The van der Waals surface area contributed by atoms with Crippen LogP contribution in [0.5, 0.6) is 0 Å². The lowest BCUT2D eigenvalue weighted by atomic mass is 10.2. The summed E-state index contributed by atoms with van der Waals surface area (Å²) in [6.45, 7) is 0. The van der Waals surface area contributed by atoms with Gasteiger partial charge in [0.15, 0.2) is 0 Å². The van der Waals surface area contributed by atoms with E-state index >= 15 is 0 Å². The molecule has 2 rings (SSSR count). The quantitative estimate of drug-likeness (QED) is 0.500. The maximum Gasteiger partial charge on any atom is 0.137 e. The number of nitrogens with one attached hydrogen (secondary N) is 1. The molecule has 0 fully saturated rings. The highest BCUT2D eigenvalue weighted by atomic mass is 79.9. The molecule has 0 spiro atoms. The van der Waals surface area contributed by atoms with Crippen LogP contribution in [0.25, 0.3) is 0 Å². The van der Waals surface area contributed by atoms with E-state index in [0.29, 0.717) is 30.8 Å². The largest absolute Gasteiger partial charge is 0.275 e. The van der Waals surface area contributed by atoms with Gasteiger partial charge in [-0.1, -0.05) is 40.9 Å². The molecule has 2 aromatic rings. The molecule has 0 saturated carbocycles. The minimum atomic E-state index is -0.334. The fraction of sp³-hybridized carbons (Fsp3) is 0. The van der Waals surface area contributed by atoms with Crippen molar-refractivity contribution < 1.29 is 4.39 Å². The van der Waals surface area contributed by atoms with Crippen molar-refractivity contribution in [1.29, 1.82) is 0 Å². The van der Waals surface area contributed by atoms with Crippen LogP contribution in [0.15, 0.2) is 39.9 Å². The summed E-state index contributed by atoms with van der Waals surface area (Å²) in [5, 5.41) is 5.17. The SMILES string of the molecule is Fc1ccc(/C=N\Nc2c(Cl)cc(Cl)cc2Cl)cc1Br. The first-order chi connectivity index (χ1) is 9.47. The van der Waals surface area contributed by atoms with Crippen molar-refractivity contribution in [2.75, 3.05) is 5.43 Å². The van der Waals surface area contributed by atoms with Crippen LogP contribution in [0.3, 0.4) is 0 Å². The molecular weight excluding hydrogens is 389 g/mol. The smallest absolute Gasteiger partial charge is 0.137 e. The summed E-state index contributed by atoms with van der Waals surface area (Å²) in [5.41, 5.74) is 3.90. The van der Waals surface area contributed by atoms with Crippen molar-refractivity contribution in [3.8, 4) is 0 Å². The highest BCUT2D eigenvalue weighted by Crippen LogP contribution is 2.33. The van der Waals surface area contributed by atoms with Gasteiger partial charge in [0, 0.05) is 5.02 Å². The van der Waals surface area contributed by atoms with Crippen LogP contribution in [0, 0.1) is 5.82 Å². The number of hydrazone groups is 1. The zero-order valence-corrected chi connectivity index (χ0v) is 13.7. The second kappa shape index (κ2) is 6.76. The van der Waals surface area contributed by atoms with Gasteiger partial charge in [-0.2, -0.15) is 5.10 Å². The van der Waals surface area contributed by atoms with E-state index in [2.05, 4.69) is 26.5 Å². The van der Waals surface area contributed by atoms with E-state index in [4.69, 9.17) is 34.8 Å². The maximum atomic E-state index is 13.1. The molecule has 20 heavy (non-hydrogen) atoms. The topological polar surface area (TPSA) is 24.4 Å². The molecular formula is C13H7BrCl3FN2. The first-order valence-corrected chi connectivity index (χ1v) is 7.29. The first kappa shape index (κ1) is 15.6. The number of nitrogens with zero attached hydrogens (tertiary/aromatic N) is 1. The number of hydrogen-bond donors (Lipinski definition) is 1. The van der Waals surface area contributed by atoms with Crippen molar-refractivity contribution in [1.82, 2.24) is 0 Å². The standard InChI is InChI=1S/C13H7BrCl3FN2/c14-9-3-7(1-2-12(9)18)6-19-20-13-10(16)4-8(15)5-11(13)17/h1-6,20H/b19-6-. The summed E-state index contributed by atoms with van der Waals surface area (Å²) in [5.74, 6) is -0.334. The number of benzene rings is 2. The summed E-state index contributed by atoms with van der Waals surface area (Å²) < 4.78 is 13.4. The Morgan fingerprint density at radius 3 is 2.35 bits per heavy atom. The van der Waals surface area contributed by atoms with Crippen molar-refractivity contribution in [2.24, 2.45) is 5.10 Å². The van der Waals surface area contributed by atoms with E-state index in [0.717, 1.165) is 0 Å². The van der Waals surface area contributed by atoms with Crippen LogP contribution in [0.4, 0.5) is 10.1 Å². The molecule has 7 heteroatoms. The lowest BCUT2D eigenvalue weighted by Gasteiger charge is -2.06. The third-order valence-electron chi connectivity index (χ3n) is 2.34. The molecule has 0 saturated heterocycles. The Morgan fingerprint density at radius 1 is 1.10 bits per heavy atom. The van der Waals surface area contributed by atoms with Gasteiger partial charge in [-0.3, -0.25) is 5.43 Å². The van der Waals surface area contributed by atoms with Gasteiger partial charge < -0.3 is 0 Å². The Kier molecular flexibility index (Phi) is 5.27. The van der Waals surface area contributed by atoms with Crippen molar-refractivity contribution >= 4 is 62.6 Å². The second-order valence-electron chi connectivity index (χ2n) is 3.79. The Bertz CT molecular complexity index is 654. The summed E-state index contributed by atoms with van der Waals surface area (Å²) in [6, 6.07) is 7.65. The van der Waals surface area contributed by atoms with Crippen LogP contribution in [-0.2, 0) is 0 Å². The van der Waals surface area contributed by atoms with Crippen LogP contribution in [0.2, 0.25) is 15.1 Å². The molecule has 0 unspecified atom stereocenters. The van der Waals surface area contributed by atoms with E-state index in [-0.39, 0.29) is 5.82 Å². The fourth-order valence-corrected chi connectivity index (χ4v) is 2.71. The van der Waals surface area contributed by atoms with E-state index in [1.54, 1.807) is 24.3 Å². The molecule has 1 N–H and O–H groups in total. The highest BCUT2D eigenvalue weighted by molar-refractivity contribution is 9.10. The normalized spacial score (nSPS) is 11.1. The fourth-order valence-electron chi connectivity index (χ4n) is 1.41. The number of halogens is 5. The molecule has 0 bridgehead atoms. The van der Waals surface area contributed by atoms with E-state index in [1.807, 2.05) is 0 Å². The van der Waals surface area contributed by atoms with Gasteiger partial charge in [-0.25, -0.2) is 4.39 Å². The van der Waals surface area contributed by atoms with Crippen LogP contribution in [0.1, 0.15) is 5.56 Å². The van der Waals surface area contributed by atoms with E-state index in [1.165, 1.54) is 12.3 Å². The molecule has 0 aliphatic heterocycles. The summed E-state index contributed by atoms with van der Waals surface area (Å²) in [6.07, 6.45) is 1.52. The first-order valence-electron chi connectivity index (χ1n) is 5.36. The molecule has 0 aromatic heterocycles. The van der Waals surface area contributed by atoms with Gasteiger partial charge in [-0.15, -0.1) is 0 Å². The minimum absolute atomic E-state index is 0.334. The monoisotopic (exact) mass is 394 g/mol. The Balaban J connectivity index is 2.16. The number of hydrogen-bond acceptors (Lipinski definition) is 2. The van der Waals surface area contributed by atoms with E-state index in [9.17, 15) is 4.39 Å². The maximum absolute atomic E-state index is 13.1. The highest BCUT2D eigenvalue weighted by Gasteiger charge is 2.06. The summed E-state index contributed by atoms with van der Waals surface area (Å²) in [4.78, 5) is 0. The zero-order chi connectivity index (χ0) is 14.7. The average molecular weight is 396 g/mol. The van der Waals surface area contributed by atoms with Gasteiger partial charge in [0.05, 0.1) is 26.4 Å². The lowest BCUT2D eigenvalue weighted by Crippen LogP contribution is -1.93. The number of rotatable bonds is 3. The van der Waals surface area contributed by atoms with Gasteiger partial charge >= 0.3 is 0 Å². The van der Waals surface area contributed by atoms with Gasteiger partial charge in [-0.05, 0) is 45.8 Å². The Morgan fingerprint density at radius 2 is 1.75 bits per heavy atom. The molecule has 104 valence electrons. The predicted molar refractivity (Wildman–Crippen MR) is 86.8 cm³/mol. The molecule has 0 aliphatic carbocycles. The molecule has 0 radical (unpaired) electrons. The molecule has 0 amide bonds. The van der Waals surface area contributed by atoms with Crippen molar-refractivity contribution in [3.05, 3.63) is 61.3 Å². The number of anilines is 1. The lowest BCUT2D eigenvalue weighted by molar-refractivity contribution is 0.621. The summed E-state index contributed by atoms with van der Waals surface area (Å²) >= 11 is 20.9. The molecule has 0 atom stereocenters. The van der Waals surface area contributed by atoms with Crippen molar-refractivity contribution in [3.63, 3.8) is 0 Å². The van der Waals surface area contributed by atoms with Crippen LogP contribution in [-0.4, -0.2) is 6.21 Å². The van der Waals surface area contributed by atoms with Gasteiger partial charge in [0.1, 0.15) is 5.82 Å². The average Bonchev–Trinajstić information content (AvgIpc) is 2.36. The van der Waals surface area contributed by atoms with E-state index < -0.39 is 0 Å². The van der Waals surface area contributed by atoms with Crippen molar-refractivity contribution in [2.45, 2.75) is 0 Å². The molecule has 0 aliphatic rings. The minimum Gasteiger partial charge on any atom is -0.275 e. The van der Waals surface area contributed by atoms with Crippen LogP contribution < -0.4 is 5.43 Å². The Labute approximate surface area is 138 Å². The predicted octanol–water partition coefficient (Wildman–Crippen LogP) is 5.99. The molecule has 2 nitrogen and oxygen atoms in total. The third-order valence-corrected chi connectivity index (χ3v) is 3.76. The molecule has 2 aromatic carbocycles. The Hall–Kier alpha value is -0.810.